The summed E-state index contributed by atoms with van der Waals surface area (Å²) in [6.45, 7) is 0. The summed E-state index contributed by atoms with van der Waals surface area (Å²) in [5.41, 5.74) is -0.338. The third-order valence-corrected chi connectivity index (χ3v) is 6.10. The number of hydrogen-bond acceptors (Lipinski definition) is 0. The van der Waals surface area contributed by atoms with Crippen LogP contribution in [0.25, 0.3) is 0 Å². The van der Waals surface area contributed by atoms with Gasteiger partial charge in [0.1, 0.15) is 11.6 Å². The van der Waals surface area contributed by atoms with Gasteiger partial charge in [-0.15, -0.1) is 23.2 Å². The van der Waals surface area contributed by atoms with Crippen LogP contribution in [0.15, 0.2) is 16.6 Å². The molecule has 1 aliphatic rings. The summed E-state index contributed by atoms with van der Waals surface area (Å²) < 4.78 is 28.4. The number of halogens is 5. The van der Waals surface area contributed by atoms with Gasteiger partial charge >= 0.3 is 0 Å². The van der Waals surface area contributed by atoms with Gasteiger partial charge in [-0.25, -0.2) is 8.78 Å². The first kappa shape index (κ1) is 16.5. The molecule has 1 saturated carbocycles. The SMILES string of the molecule is Fc1ccc(Br)c(F)c1CC(CCl)(CCl)C1CCCC1. The van der Waals surface area contributed by atoms with E-state index in [1.807, 2.05) is 0 Å². The Morgan fingerprint density at radius 1 is 1.15 bits per heavy atom. The molecule has 0 aromatic heterocycles. The van der Waals surface area contributed by atoms with E-state index < -0.39 is 17.0 Å². The van der Waals surface area contributed by atoms with Gasteiger partial charge in [-0.2, -0.15) is 0 Å². The van der Waals surface area contributed by atoms with E-state index >= 15 is 0 Å². The van der Waals surface area contributed by atoms with Crippen molar-refractivity contribution in [3.63, 3.8) is 0 Å². The van der Waals surface area contributed by atoms with Gasteiger partial charge in [-0.05, 0) is 53.2 Å². The second kappa shape index (κ2) is 6.93. The van der Waals surface area contributed by atoms with E-state index in [9.17, 15) is 8.78 Å². The van der Waals surface area contributed by atoms with E-state index in [1.54, 1.807) is 0 Å². The van der Waals surface area contributed by atoms with Crippen molar-refractivity contribution in [2.45, 2.75) is 32.1 Å². The molecule has 1 aliphatic carbocycles. The lowest BCUT2D eigenvalue weighted by atomic mass is 9.73. The quantitative estimate of drug-likeness (QED) is 0.435. The highest BCUT2D eigenvalue weighted by Crippen LogP contribution is 2.45. The molecule has 0 bridgehead atoms. The molecule has 1 aromatic rings. The van der Waals surface area contributed by atoms with E-state index in [-0.39, 0.29) is 16.5 Å². The van der Waals surface area contributed by atoms with E-state index in [0.717, 1.165) is 25.7 Å². The number of rotatable bonds is 5. The first-order valence-electron chi connectivity index (χ1n) is 6.78. The molecule has 0 radical (unpaired) electrons. The van der Waals surface area contributed by atoms with Crippen molar-refractivity contribution in [1.29, 1.82) is 0 Å². The van der Waals surface area contributed by atoms with Gasteiger partial charge < -0.3 is 0 Å². The fourth-order valence-corrected chi connectivity index (χ4v) is 4.40. The zero-order valence-electron chi connectivity index (χ0n) is 11.1. The van der Waals surface area contributed by atoms with Crippen LogP contribution < -0.4 is 0 Å². The monoisotopic (exact) mass is 384 g/mol. The van der Waals surface area contributed by atoms with Gasteiger partial charge in [0, 0.05) is 22.7 Å². The van der Waals surface area contributed by atoms with Crippen molar-refractivity contribution >= 4 is 39.1 Å². The van der Waals surface area contributed by atoms with Crippen molar-refractivity contribution in [3.05, 3.63) is 33.8 Å². The Balaban J connectivity index is 2.35. The molecule has 0 saturated heterocycles. The predicted molar refractivity (Wildman–Crippen MR) is 83.6 cm³/mol. The smallest absolute Gasteiger partial charge is 0.143 e. The maximum atomic E-state index is 14.2. The Labute approximate surface area is 137 Å². The Kier molecular flexibility index (Phi) is 5.72. The molecular weight excluding hydrogens is 369 g/mol. The molecule has 0 spiro atoms. The highest BCUT2D eigenvalue weighted by atomic mass is 79.9. The van der Waals surface area contributed by atoms with E-state index in [2.05, 4.69) is 15.9 Å². The van der Waals surface area contributed by atoms with Crippen LogP contribution >= 0.6 is 39.1 Å². The number of hydrogen-bond donors (Lipinski definition) is 0. The lowest BCUT2D eigenvalue weighted by molar-refractivity contribution is 0.220. The molecule has 0 N–H and O–H groups in total. The Morgan fingerprint density at radius 3 is 2.30 bits per heavy atom. The summed E-state index contributed by atoms with van der Waals surface area (Å²) in [6, 6.07) is 2.66. The fourth-order valence-electron chi connectivity index (χ4n) is 3.11. The van der Waals surface area contributed by atoms with Crippen molar-refractivity contribution in [2.75, 3.05) is 11.8 Å². The molecule has 0 amide bonds. The van der Waals surface area contributed by atoms with Crippen LogP contribution in [0.4, 0.5) is 8.78 Å². The van der Waals surface area contributed by atoms with Gasteiger partial charge in [0.2, 0.25) is 0 Å². The van der Waals surface area contributed by atoms with Crippen molar-refractivity contribution in [1.82, 2.24) is 0 Å². The summed E-state index contributed by atoms with van der Waals surface area (Å²) in [7, 11) is 0. The Hall–Kier alpha value is 0.140. The third kappa shape index (κ3) is 3.15. The maximum Gasteiger partial charge on any atom is 0.143 e. The molecule has 0 atom stereocenters. The van der Waals surface area contributed by atoms with Gasteiger partial charge in [-0.1, -0.05) is 12.8 Å². The molecule has 112 valence electrons. The fraction of sp³-hybridized carbons (Fsp3) is 0.600. The standard InChI is InChI=1S/C15H17BrCl2F2/c16-12-5-6-13(19)11(14(12)20)7-15(8-17,9-18)10-3-1-2-4-10/h5-6,10H,1-4,7-9H2. The predicted octanol–water partition coefficient (Wildman–Crippen LogP) is 5.92. The lowest BCUT2D eigenvalue weighted by Gasteiger charge is -2.36. The third-order valence-electron chi connectivity index (χ3n) is 4.42. The molecule has 0 unspecified atom stereocenters. The van der Waals surface area contributed by atoms with Crippen LogP contribution in [0, 0.1) is 23.0 Å². The van der Waals surface area contributed by atoms with E-state index in [1.165, 1.54) is 12.1 Å². The van der Waals surface area contributed by atoms with Gasteiger partial charge in [-0.3, -0.25) is 0 Å². The largest absolute Gasteiger partial charge is 0.207 e. The minimum atomic E-state index is -0.539. The Morgan fingerprint density at radius 2 is 1.75 bits per heavy atom. The highest BCUT2D eigenvalue weighted by Gasteiger charge is 2.40. The Bertz CT molecular complexity index is 469. The van der Waals surface area contributed by atoms with Gasteiger partial charge in [0.05, 0.1) is 4.47 Å². The van der Waals surface area contributed by atoms with Crippen LogP contribution in [0.5, 0.6) is 0 Å². The van der Waals surface area contributed by atoms with Gasteiger partial charge in [0.15, 0.2) is 0 Å². The highest BCUT2D eigenvalue weighted by molar-refractivity contribution is 9.10. The van der Waals surface area contributed by atoms with Crippen molar-refractivity contribution in [3.8, 4) is 0 Å². The molecule has 0 nitrogen and oxygen atoms in total. The normalized spacial score (nSPS) is 16.9. The molecule has 0 heterocycles. The second-order valence-electron chi connectivity index (χ2n) is 5.61. The minimum Gasteiger partial charge on any atom is -0.207 e. The summed E-state index contributed by atoms with van der Waals surface area (Å²) in [5.74, 6) is -0.0692. The van der Waals surface area contributed by atoms with Crippen LogP contribution in [0.3, 0.4) is 0 Å². The summed E-state index contributed by atoms with van der Waals surface area (Å²) in [6.07, 6.45) is 4.61. The van der Waals surface area contributed by atoms with Crippen molar-refractivity contribution in [2.24, 2.45) is 11.3 Å². The maximum absolute atomic E-state index is 14.2. The zero-order valence-corrected chi connectivity index (χ0v) is 14.2. The number of alkyl halides is 2. The molecule has 1 aromatic carbocycles. The van der Waals surface area contributed by atoms with Crippen LogP contribution in [-0.4, -0.2) is 11.8 Å². The minimum absolute atomic E-state index is 0.0903. The summed E-state index contributed by atoms with van der Waals surface area (Å²) in [4.78, 5) is 0. The average molecular weight is 386 g/mol. The summed E-state index contributed by atoms with van der Waals surface area (Å²) >= 11 is 15.4. The second-order valence-corrected chi connectivity index (χ2v) is 7.00. The average Bonchev–Trinajstić information content (AvgIpc) is 2.99. The zero-order chi connectivity index (χ0) is 14.8. The molecular formula is C15H17BrCl2F2. The summed E-state index contributed by atoms with van der Waals surface area (Å²) in [5, 5.41) is 0. The van der Waals surface area contributed by atoms with Crippen LogP contribution in [0.1, 0.15) is 31.2 Å². The molecule has 0 aliphatic heterocycles. The van der Waals surface area contributed by atoms with E-state index in [0.29, 0.717) is 17.7 Å². The van der Waals surface area contributed by atoms with Crippen LogP contribution in [0.2, 0.25) is 0 Å². The topological polar surface area (TPSA) is 0 Å². The van der Waals surface area contributed by atoms with Gasteiger partial charge in [0.25, 0.3) is 0 Å². The first-order valence-corrected chi connectivity index (χ1v) is 8.64. The first-order chi connectivity index (χ1) is 9.54. The molecule has 2 rings (SSSR count). The van der Waals surface area contributed by atoms with Crippen LogP contribution in [-0.2, 0) is 6.42 Å². The molecule has 5 heteroatoms. The van der Waals surface area contributed by atoms with E-state index in [4.69, 9.17) is 23.2 Å². The van der Waals surface area contributed by atoms with Crippen molar-refractivity contribution < 1.29 is 8.78 Å². The number of benzene rings is 1. The molecule has 20 heavy (non-hydrogen) atoms. The molecule has 1 fully saturated rings. The lowest BCUT2D eigenvalue weighted by Crippen LogP contribution is -2.36.